The zero-order chi connectivity index (χ0) is 8.97. The van der Waals surface area contributed by atoms with Crippen molar-refractivity contribution in [3.05, 3.63) is 0 Å². The van der Waals surface area contributed by atoms with Gasteiger partial charge in [-0.2, -0.15) is 0 Å². The van der Waals surface area contributed by atoms with Gasteiger partial charge < -0.3 is 9.69 Å². The van der Waals surface area contributed by atoms with Gasteiger partial charge in [-0.25, -0.2) is 0 Å². The molecule has 0 atom stereocenters. The average molecular weight is 191 g/mol. The monoisotopic (exact) mass is 190 g/mol. The second-order valence-corrected chi connectivity index (χ2v) is 3.03. The molecule has 0 aliphatic carbocycles. The molecule has 1 aliphatic rings. The van der Waals surface area contributed by atoms with Crippen LogP contribution >= 0.6 is 11.6 Å². The SMILES string of the molecule is O=CCN1CCN(C(=O)Cl)CC1. The number of hydrogen-bond donors (Lipinski definition) is 0. The quantitative estimate of drug-likeness (QED) is 0.354. The zero-order valence-corrected chi connectivity index (χ0v) is 7.46. The number of aldehydes is 1. The Balaban J connectivity index is 2.29. The van der Waals surface area contributed by atoms with E-state index in [1.165, 1.54) is 0 Å². The molecular weight excluding hydrogens is 180 g/mol. The van der Waals surface area contributed by atoms with Crippen molar-refractivity contribution in [1.29, 1.82) is 0 Å². The Morgan fingerprint density at radius 3 is 2.33 bits per heavy atom. The molecule has 1 rings (SSSR count). The first kappa shape index (κ1) is 9.48. The Hall–Kier alpha value is -0.610. The van der Waals surface area contributed by atoms with Crippen LogP contribution in [0.3, 0.4) is 0 Å². The molecule has 0 aromatic rings. The lowest BCUT2D eigenvalue weighted by atomic mass is 10.3. The van der Waals surface area contributed by atoms with Crippen LogP contribution in [0.5, 0.6) is 0 Å². The highest BCUT2D eigenvalue weighted by molar-refractivity contribution is 6.62. The van der Waals surface area contributed by atoms with E-state index in [1.54, 1.807) is 4.90 Å². The predicted molar refractivity (Wildman–Crippen MR) is 45.3 cm³/mol. The number of amides is 1. The summed E-state index contributed by atoms with van der Waals surface area (Å²) in [7, 11) is 0. The van der Waals surface area contributed by atoms with E-state index in [0.29, 0.717) is 19.6 Å². The van der Waals surface area contributed by atoms with Crippen molar-refractivity contribution >= 4 is 23.3 Å². The third kappa shape index (κ3) is 2.46. The number of rotatable bonds is 2. The number of nitrogens with zero attached hydrogens (tertiary/aromatic N) is 2. The Labute approximate surface area is 76.1 Å². The van der Waals surface area contributed by atoms with Crippen molar-refractivity contribution in [1.82, 2.24) is 9.80 Å². The molecule has 0 radical (unpaired) electrons. The molecule has 0 unspecified atom stereocenters. The summed E-state index contributed by atoms with van der Waals surface area (Å²) in [4.78, 5) is 24.4. The van der Waals surface area contributed by atoms with E-state index in [-0.39, 0.29) is 0 Å². The van der Waals surface area contributed by atoms with Gasteiger partial charge in [-0.15, -0.1) is 0 Å². The van der Waals surface area contributed by atoms with Crippen molar-refractivity contribution in [2.75, 3.05) is 32.7 Å². The Bertz CT molecular complexity index is 178. The highest BCUT2D eigenvalue weighted by Gasteiger charge is 2.18. The van der Waals surface area contributed by atoms with Gasteiger partial charge in [-0.1, -0.05) is 0 Å². The molecule has 5 heteroatoms. The van der Waals surface area contributed by atoms with Crippen LogP contribution in [0.4, 0.5) is 4.79 Å². The summed E-state index contributed by atoms with van der Waals surface area (Å²) in [6.07, 6.45) is 0.873. The van der Waals surface area contributed by atoms with E-state index >= 15 is 0 Å². The summed E-state index contributed by atoms with van der Waals surface area (Å²) in [5.74, 6) is 0. The molecule has 1 amide bonds. The lowest BCUT2D eigenvalue weighted by molar-refractivity contribution is -0.109. The minimum atomic E-state index is -0.402. The van der Waals surface area contributed by atoms with Gasteiger partial charge in [0.05, 0.1) is 6.54 Å². The molecule has 0 bridgehead atoms. The summed E-state index contributed by atoms with van der Waals surface area (Å²) in [5, 5.41) is -0.402. The largest absolute Gasteiger partial charge is 0.327 e. The fraction of sp³-hybridized carbons (Fsp3) is 0.714. The smallest absolute Gasteiger partial charge is 0.316 e. The van der Waals surface area contributed by atoms with Gasteiger partial charge in [0.1, 0.15) is 6.29 Å². The first-order valence-corrected chi connectivity index (χ1v) is 4.22. The van der Waals surface area contributed by atoms with Crippen LogP contribution in [-0.2, 0) is 4.79 Å². The molecule has 4 nitrogen and oxygen atoms in total. The minimum Gasteiger partial charge on any atom is -0.327 e. The Kier molecular flexibility index (Phi) is 3.49. The Morgan fingerprint density at radius 1 is 1.33 bits per heavy atom. The zero-order valence-electron chi connectivity index (χ0n) is 6.70. The molecular formula is C7H11ClN2O2. The van der Waals surface area contributed by atoms with Crippen molar-refractivity contribution in [2.45, 2.75) is 0 Å². The molecule has 1 aliphatic heterocycles. The average Bonchev–Trinajstić information content (AvgIpc) is 2.06. The van der Waals surface area contributed by atoms with Crippen LogP contribution in [0.1, 0.15) is 0 Å². The lowest BCUT2D eigenvalue weighted by Crippen LogP contribution is -2.47. The Morgan fingerprint density at radius 2 is 1.92 bits per heavy atom. The second-order valence-electron chi connectivity index (χ2n) is 2.71. The fourth-order valence-electron chi connectivity index (χ4n) is 1.21. The van der Waals surface area contributed by atoms with E-state index < -0.39 is 5.37 Å². The van der Waals surface area contributed by atoms with Crippen LogP contribution in [0.25, 0.3) is 0 Å². The normalized spacial score (nSPS) is 19.2. The number of carbonyl (C=O) groups is 2. The van der Waals surface area contributed by atoms with Crippen LogP contribution in [0, 0.1) is 0 Å². The summed E-state index contributed by atoms with van der Waals surface area (Å²) in [5.41, 5.74) is 0. The van der Waals surface area contributed by atoms with Crippen LogP contribution in [0.2, 0.25) is 0 Å². The first-order valence-electron chi connectivity index (χ1n) is 3.84. The van der Waals surface area contributed by atoms with Gasteiger partial charge in [0.2, 0.25) is 0 Å². The molecule has 1 fully saturated rings. The standard InChI is InChI=1S/C7H11ClN2O2/c8-7(12)10-3-1-9(2-4-10)5-6-11/h6H,1-5H2. The van der Waals surface area contributed by atoms with E-state index in [9.17, 15) is 9.59 Å². The maximum atomic E-state index is 10.7. The molecule has 0 N–H and O–H groups in total. The highest BCUT2D eigenvalue weighted by Crippen LogP contribution is 2.03. The van der Waals surface area contributed by atoms with E-state index in [1.807, 2.05) is 4.90 Å². The predicted octanol–water partition coefficient (Wildman–Crippen LogP) is 0.162. The van der Waals surface area contributed by atoms with E-state index in [0.717, 1.165) is 19.4 Å². The molecule has 0 saturated carbocycles. The molecule has 12 heavy (non-hydrogen) atoms. The van der Waals surface area contributed by atoms with Gasteiger partial charge in [-0.3, -0.25) is 9.69 Å². The highest BCUT2D eigenvalue weighted by atomic mass is 35.5. The van der Waals surface area contributed by atoms with Crippen molar-refractivity contribution in [3.63, 3.8) is 0 Å². The van der Waals surface area contributed by atoms with Crippen molar-refractivity contribution < 1.29 is 9.59 Å². The fourth-order valence-corrected chi connectivity index (χ4v) is 1.38. The van der Waals surface area contributed by atoms with Crippen LogP contribution < -0.4 is 0 Å². The lowest BCUT2D eigenvalue weighted by Gasteiger charge is -2.32. The van der Waals surface area contributed by atoms with Gasteiger partial charge in [-0.05, 0) is 11.6 Å². The third-order valence-corrected chi connectivity index (χ3v) is 2.19. The molecule has 1 heterocycles. The molecule has 68 valence electrons. The maximum Gasteiger partial charge on any atom is 0.316 e. The van der Waals surface area contributed by atoms with Crippen LogP contribution in [0.15, 0.2) is 0 Å². The van der Waals surface area contributed by atoms with Crippen LogP contribution in [-0.4, -0.2) is 54.2 Å². The van der Waals surface area contributed by atoms with E-state index in [2.05, 4.69) is 0 Å². The number of halogens is 1. The second kappa shape index (κ2) is 4.42. The van der Waals surface area contributed by atoms with Crippen molar-refractivity contribution in [3.8, 4) is 0 Å². The number of hydrogen-bond acceptors (Lipinski definition) is 3. The minimum absolute atomic E-state index is 0.402. The first-order chi connectivity index (χ1) is 5.74. The number of piperazine rings is 1. The maximum absolute atomic E-state index is 10.7. The summed E-state index contributed by atoms with van der Waals surface area (Å²) >= 11 is 5.28. The molecule has 0 aromatic heterocycles. The summed E-state index contributed by atoms with van der Waals surface area (Å²) in [6, 6.07) is 0. The van der Waals surface area contributed by atoms with Gasteiger partial charge in [0.25, 0.3) is 0 Å². The van der Waals surface area contributed by atoms with Gasteiger partial charge in [0, 0.05) is 26.2 Å². The third-order valence-electron chi connectivity index (χ3n) is 1.95. The molecule has 0 spiro atoms. The van der Waals surface area contributed by atoms with E-state index in [4.69, 9.17) is 11.6 Å². The summed E-state index contributed by atoms with van der Waals surface area (Å²) in [6.45, 7) is 3.16. The topological polar surface area (TPSA) is 40.6 Å². The molecule has 1 saturated heterocycles. The van der Waals surface area contributed by atoms with Gasteiger partial charge in [0.15, 0.2) is 0 Å². The van der Waals surface area contributed by atoms with Gasteiger partial charge >= 0.3 is 5.37 Å². The van der Waals surface area contributed by atoms with Crippen molar-refractivity contribution in [2.24, 2.45) is 0 Å². The summed E-state index contributed by atoms with van der Waals surface area (Å²) < 4.78 is 0. The number of carbonyl (C=O) groups excluding carboxylic acids is 2. The molecule has 0 aromatic carbocycles.